The molecule has 0 radical (unpaired) electrons. The lowest BCUT2D eigenvalue weighted by Gasteiger charge is -2.22. The Bertz CT molecular complexity index is 717. The average Bonchev–Trinajstić information content (AvgIpc) is 3.24. The van der Waals surface area contributed by atoms with Crippen LogP contribution in [-0.2, 0) is 22.6 Å². The first-order valence-corrected chi connectivity index (χ1v) is 8.93. The van der Waals surface area contributed by atoms with Crippen molar-refractivity contribution < 1.29 is 9.59 Å². The van der Waals surface area contributed by atoms with Gasteiger partial charge in [0.1, 0.15) is 0 Å². The van der Waals surface area contributed by atoms with Crippen molar-refractivity contribution in [1.82, 2.24) is 20.2 Å². The first-order valence-electron chi connectivity index (χ1n) is 7.99. The molecular weight excluding hydrogens is 324 g/mol. The van der Waals surface area contributed by atoms with Gasteiger partial charge in [-0.3, -0.25) is 19.6 Å². The maximum atomic E-state index is 12.0. The van der Waals surface area contributed by atoms with Gasteiger partial charge in [0, 0.05) is 13.5 Å². The molecule has 0 aromatic carbocycles. The van der Waals surface area contributed by atoms with E-state index in [0.717, 1.165) is 30.6 Å². The number of amides is 2. The summed E-state index contributed by atoms with van der Waals surface area (Å²) >= 11 is 1.58. The molecule has 3 rings (SSSR count). The fourth-order valence-electron chi connectivity index (χ4n) is 2.95. The Morgan fingerprint density at radius 1 is 1.42 bits per heavy atom. The molecule has 0 saturated carbocycles. The van der Waals surface area contributed by atoms with Crippen LogP contribution in [0, 0.1) is 0 Å². The molecule has 126 valence electrons. The fraction of sp³-hybridized carbons (Fsp3) is 0.412. The summed E-state index contributed by atoms with van der Waals surface area (Å²) in [5, 5.41) is 6.80. The second-order valence-electron chi connectivity index (χ2n) is 5.89. The smallest absolute Gasteiger partial charge is 0.224 e. The van der Waals surface area contributed by atoms with E-state index >= 15 is 0 Å². The van der Waals surface area contributed by atoms with Crippen LogP contribution in [0.4, 0.5) is 0 Å². The third kappa shape index (κ3) is 3.97. The summed E-state index contributed by atoms with van der Waals surface area (Å²) in [7, 11) is 0. The van der Waals surface area contributed by atoms with Gasteiger partial charge >= 0.3 is 0 Å². The summed E-state index contributed by atoms with van der Waals surface area (Å²) in [6.07, 6.45) is 5.62. The molecule has 1 N–H and O–H groups in total. The number of carbonyl (C=O) groups excluding carboxylic acids is 2. The standard InChI is InChI=1S/C17H20N4O2S/c1-12(22)21-5-2-3-16(21)15-10-18-8-14(20-15)9-19-17(23)7-13-4-6-24-11-13/h4,6,8,10-11,16H,2-3,5,7,9H2,1H3,(H,19,23)/t16-/m0/s1. The Morgan fingerprint density at radius 2 is 2.29 bits per heavy atom. The molecule has 0 aliphatic carbocycles. The van der Waals surface area contributed by atoms with Gasteiger partial charge in [0.25, 0.3) is 0 Å². The summed E-state index contributed by atoms with van der Waals surface area (Å²) in [5.41, 5.74) is 2.52. The van der Waals surface area contributed by atoms with E-state index in [1.807, 2.05) is 21.7 Å². The Labute approximate surface area is 144 Å². The van der Waals surface area contributed by atoms with Crippen LogP contribution >= 0.6 is 11.3 Å². The van der Waals surface area contributed by atoms with Gasteiger partial charge in [-0.25, -0.2) is 0 Å². The van der Waals surface area contributed by atoms with Crippen LogP contribution < -0.4 is 5.32 Å². The van der Waals surface area contributed by atoms with E-state index in [4.69, 9.17) is 0 Å². The molecular formula is C17H20N4O2S. The van der Waals surface area contributed by atoms with Gasteiger partial charge in [0.2, 0.25) is 11.8 Å². The highest BCUT2D eigenvalue weighted by molar-refractivity contribution is 7.07. The first-order chi connectivity index (χ1) is 11.6. The molecule has 0 bridgehead atoms. The van der Waals surface area contributed by atoms with E-state index in [0.29, 0.717) is 18.7 Å². The minimum atomic E-state index is -0.0353. The predicted octanol–water partition coefficient (Wildman–Crippen LogP) is 2.08. The Kier molecular flexibility index (Phi) is 5.20. The molecule has 1 aliphatic rings. The number of nitrogens with zero attached hydrogens (tertiary/aromatic N) is 3. The fourth-order valence-corrected chi connectivity index (χ4v) is 3.62. The molecule has 0 spiro atoms. The van der Waals surface area contributed by atoms with Crippen LogP contribution in [0.25, 0.3) is 0 Å². The average molecular weight is 344 g/mol. The van der Waals surface area contributed by atoms with Crippen LogP contribution in [0.5, 0.6) is 0 Å². The van der Waals surface area contributed by atoms with E-state index in [1.54, 1.807) is 30.7 Å². The summed E-state index contributed by atoms with van der Waals surface area (Å²) in [6.45, 7) is 2.69. The van der Waals surface area contributed by atoms with Crippen molar-refractivity contribution in [3.05, 3.63) is 46.2 Å². The number of aromatic nitrogens is 2. The number of nitrogens with one attached hydrogen (secondary N) is 1. The molecule has 1 saturated heterocycles. The molecule has 2 aromatic rings. The largest absolute Gasteiger partial charge is 0.350 e. The highest BCUT2D eigenvalue weighted by atomic mass is 32.1. The second kappa shape index (κ2) is 7.53. The number of carbonyl (C=O) groups is 2. The van der Waals surface area contributed by atoms with Gasteiger partial charge in [-0.2, -0.15) is 11.3 Å². The van der Waals surface area contributed by atoms with Gasteiger partial charge in [0.15, 0.2) is 0 Å². The molecule has 24 heavy (non-hydrogen) atoms. The van der Waals surface area contributed by atoms with E-state index in [1.165, 1.54) is 0 Å². The molecule has 1 aliphatic heterocycles. The lowest BCUT2D eigenvalue weighted by molar-refractivity contribution is -0.129. The molecule has 7 heteroatoms. The predicted molar refractivity (Wildman–Crippen MR) is 91.3 cm³/mol. The van der Waals surface area contributed by atoms with Crippen LogP contribution in [0.2, 0.25) is 0 Å². The highest BCUT2D eigenvalue weighted by Gasteiger charge is 2.29. The molecule has 3 heterocycles. The zero-order chi connectivity index (χ0) is 16.9. The number of hydrogen-bond acceptors (Lipinski definition) is 5. The van der Waals surface area contributed by atoms with Gasteiger partial charge < -0.3 is 10.2 Å². The number of rotatable bonds is 5. The van der Waals surface area contributed by atoms with Crippen molar-refractivity contribution in [3.8, 4) is 0 Å². The minimum absolute atomic E-state index is 0.00328. The monoisotopic (exact) mass is 344 g/mol. The third-order valence-corrected chi connectivity index (χ3v) is 4.85. The van der Waals surface area contributed by atoms with Crippen molar-refractivity contribution in [1.29, 1.82) is 0 Å². The summed E-state index contributed by atoms with van der Waals surface area (Å²) < 4.78 is 0. The van der Waals surface area contributed by atoms with Crippen molar-refractivity contribution >= 4 is 23.2 Å². The Balaban J connectivity index is 1.61. The van der Waals surface area contributed by atoms with E-state index in [9.17, 15) is 9.59 Å². The maximum Gasteiger partial charge on any atom is 0.224 e. The molecule has 6 nitrogen and oxygen atoms in total. The highest BCUT2D eigenvalue weighted by Crippen LogP contribution is 2.30. The summed E-state index contributed by atoms with van der Waals surface area (Å²) in [4.78, 5) is 34.3. The minimum Gasteiger partial charge on any atom is -0.350 e. The second-order valence-corrected chi connectivity index (χ2v) is 6.67. The normalized spacial score (nSPS) is 17.0. The zero-order valence-corrected chi connectivity index (χ0v) is 14.4. The van der Waals surface area contributed by atoms with Gasteiger partial charge in [-0.15, -0.1) is 0 Å². The molecule has 1 atom stereocenters. The third-order valence-electron chi connectivity index (χ3n) is 4.11. The number of hydrogen-bond donors (Lipinski definition) is 1. The zero-order valence-electron chi connectivity index (χ0n) is 13.6. The topological polar surface area (TPSA) is 75.2 Å². The van der Waals surface area contributed by atoms with Crippen molar-refractivity contribution in [2.24, 2.45) is 0 Å². The van der Waals surface area contributed by atoms with Crippen molar-refractivity contribution in [2.75, 3.05) is 6.54 Å². The lowest BCUT2D eigenvalue weighted by atomic mass is 10.1. The van der Waals surface area contributed by atoms with E-state index < -0.39 is 0 Å². The maximum absolute atomic E-state index is 12.0. The summed E-state index contributed by atoms with van der Waals surface area (Å²) in [6, 6.07) is 1.94. The van der Waals surface area contributed by atoms with Crippen LogP contribution in [0.3, 0.4) is 0 Å². The van der Waals surface area contributed by atoms with Gasteiger partial charge in [-0.05, 0) is 35.2 Å². The SMILES string of the molecule is CC(=O)N1CCC[C@H]1c1cncc(CNC(=O)Cc2ccsc2)n1. The number of thiophene rings is 1. The number of likely N-dealkylation sites (tertiary alicyclic amines) is 1. The lowest BCUT2D eigenvalue weighted by Crippen LogP contribution is -2.29. The molecule has 0 unspecified atom stereocenters. The van der Waals surface area contributed by atoms with Crippen molar-refractivity contribution in [3.63, 3.8) is 0 Å². The van der Waals surface area contributed by atoms with Crippen LogP contribution in [-0.4, -0.2) is 33.2 Å². The molecule has 1 fully saturated rings. The Morgan fingerprint density at radius 3 is 3.04 bits per heavy atom. The Hall–Kier alpha value is -2.28. The van der Waals surface area contributed by atoms with Gasteiger partial charge in [-0.1, -0.05) is 0 Å². The van der Waals surface area contributed by atoms with Crippen LogP contribution in [0.15, 0.2) is 29.2 Å². The van der Waals surface area contributed by atoms with E-state index in [2.05, 4.69) is 15.3 Å². The van der Waals surface area contributed by atoms with Gasteiger partial charge in [0.05, 0.1) is 42.8 Å². The molecule has 2 aromatic heterocycles. The van der Waals surface area contributed by atoms with E-state index in [-0.39, 0.29) is 17.9 Å². The summed E-state index contributed by atoms with van der Waals surface area (Å²) in [5.74, 6) is 0.0283. The van der Waals surface area contributed by atoms with Crippen molar-refractivity contribution in [2.45, 2.75) is 38.8 Å². The molecule has 2 amide bonds. The first kappa shape index (κ1) is 16.6. The van der Waals surface area contributed by atoms with Crippen LogP contribution in [0.1, 0.15) is 42.8 Å². The quantitative estimate of drug-likeness (QED) is 0.901.